The van der Waals surface area contributed by atoms with Crippen LogP contribution in [0.25, 0.3) is 0 Å². The Kier molecular flexibility index (Phi) is 5.46. The molecule has 2 rings (SSSR count). The zero-order valence-electron chi connectivity index (χ0n) is 12.1. The quantitative estimate of drug-likeness (QED) is 0.805. The van der Waals surface area contributed by atoms with Crippen LogP contribution in [0.1, 0.15) is 52.4 Å². The van der Waals surface area contributed by atoms with Gasteiger partial charge < -0.3 is 10.4 Å². The predicted molar refractivity (Wildman–Crippen MR) is 75.7 cm³/mol. The lowest BCUT2D eigenvalue weighted by Crippen LogP contribution is -2.47. The number of hydrogen-bond acceptors (Lipinski definition) is 3. The maximum Gasteiger partial charge on any atom is 0.0541 e. The smallest absolute Gasteiger partial charge is 0.0541 e. The standard InChI is InChI=1S/C15H30N2O/c1-12(2)17(11-13-7-9-16-10-8-13)14-3-5-15(18)6-4-14/h12-16,18H,3-11H2,1-2H3. The average molecular weight is 254 g/mol. The minimum atomic E-state index is -0.0332. The van der Waals surface area contributed by atoms with E-state index in [1.165, 1.54) is 45.3 Å². The van der Waals surface area contributed by atoms with Crippen molar-refractivity contribution in [3.63, 3.8) is 0 Å². The van der Waals surface area contributed by atoms with Crippen molar-refractivity contribution in [1.82, 2.24) is 10.2 Å². The van der Waals surface area contributed by atoms with E-state index in [1.54, 1.807) is 0 Å². The van der Waals surface area contributed by atoms with Crippen LogP contribution in [-0.2, 0) is 0 Å². The summed E-state index contributed by atoms with van der Waals surface area (Å²) in [4.78, 5) is 2.71. The molecule has 0 aromatic rings. The summed E-state index contributed by atoms with van der Waals surface area (Å²) in [7, 11) is 0. The molecule has 0 radical (unpaired) electrons. The Morgan fingerprint density at radius 3 is 2.22 bits per heavy atom. The molecule has 0 aromatic carbocycles. The zero-order chi connectivity index (χ0) is 13.0. The number of aliphatic hydroxyl groups is 1. The van der Waals surface area contributed by atoms with E-state index in [9.17, 15) is 5.11 Å². The minimum Gasteiger partial charge on any atom is -0.393 e. The molecular formula is C15H30N2O. The van der Waals surface area contributed by atoms with E-state index in [1.807, 2.05) is 0 Å². The summed E-state index contributed by atoms with van der Waals surface area (Å²) in [5.41, 5.74) is 0. The third-order valence-corrected chi connectivity index (χ3v) is 4.73. The predicted octanol–water partition coefficient (Wildman–Crippen LogP) is 2.00. The van der Waals surface area contributed by atoms with Crippen LogP contribution in [0, 0.1) is 5.92 Å². The third-order valence-electron chi connectivity index (χ3n) is 4.73. The van der Waals surface area contributed by atoms with E-state index in [-0.39, 0.29) is 6.10 Å². The fourth-order valence-corrected chi connectivity index (χ4v) is 3.53. The molecule has 18 heavy (non-hydrogen) atoms. The molecule has 1 heterocycles. The Hall–Kier alpha value is -0.120. The fraction of sp³-hybridized carbons (Fsp3) is 1.00. The Morgan fingerprint density at radius 2 is 1.67 bits per heavy atom. The molecule has 106 valence electrons. The first-order valence-corrected chi connectivity index (χ1v) is 7.81. The van der Waals surface area contributed by atoms with Gasteiger partial charge in [-0.1, -0.05) is 0 Å². The van der Waals surface area contributed by atoms with E-state index < -0.39 is 0 Å². The van der Waals surface area contributed by atoms with Gasteiger partial charge in [0.25, 0.3) is 0 Å². The maximum atomic E-state index is 9.64. The maximum absolute atomic E-state index is 9.64. The van der Waals surface area contributed by atoms with Gasteiger partial charge in [0.1, 0.15) is 0 Å². The van der Waals surface area contributed by atoms with Crippen molar-refractivity contribution in [2.24, 2.45) is 5.92 Å². The van der Waals surface area contributed by atoms with Gasteiger partial charge in [-0.2, -0.15) is 0 Å². The van der Waals surface area contributed by atoms with Crippen LogP contribution in [-0.4, -0.2) is 47.8 Å². The van der Waals surface area contributed by atoms with Crippen LogP contribution in [0.5, 0.6) is 0 Å². The molecule has 2 aliphatic rings. The van der Waals surface area contributed by atoms with Gasteiger partial charge in [-0.25, -0.2) is 0 Å². The van der Waals surface area contributed by atoms with Gasteiger partial charge >= 0.3 is 0 Å². The van der Waals surface area contributed by atoms with Crippen LogP contribution in [0.15, 0.2) is 0 Å². The largest absolute Gasteiger partial charge is 0.393 e. The van der Waals surface area contributed by atoms with Crippen molar-refractivity contribution < 1.29 is 5.11 Å². The lowest BCUT2D eigenvalue weighted by Gasteiger charge is -2.41. The number of piperidine rings is 1. The van der Waals surface area contributed by atoms with Crippen LogP contribution in [0.3, 0.4) is 0 Å². The van der Waals surface area contributed by atoms with Crippen molar-refractivity contribution in [3.05, 3.63) is 0 Å². The highest BCUT2D eigenvalue weighted by Crippen LogP contribution is 2.26. The normalized spacial score (nSPS) is 31.2. The summed E-state index contributed by atoms with van der Waals surface area (Å²) in [5.74, 6) is 0.875. The molecule has 1 aliphatic carbocycles. The van der Waals surface area contributed by atoms with Gasteiger partial charge in [-0.15, -0.1) is 0 Å². The second-order valence-electron chi connectivity index (χ2n) is 6.45. The van der Waals surface area contributed by atoms with Crippen molar-refractivity contribution in [3.8, 4) is 0 Å². The Bertz CT molecular complexity index is 231. The summed E-state index contributed by atoms with van der Waals surface area (Å²) in [6.45, 7) is 8.30. The van der Waals surface area contributed by atoms with Crippen LogP contribution in [0.4, 0.5) is 0 Å². The zero-order valence-corrected chi connectivity index (χ0v) is 12.1. The average Bonchev–Trinajstić information content (AvgIpc) is 2.38. The van der Waals surface area contributed by atoms with Gasteiger partial charge in [0.2, 0.25) is 0 Å². The monoisotopic (exact) mass is 254 g/mol. The van der Waals surface area contributed by atoms with Gasteiger partial charge in [-0.05, 0) is 71.4 Å². The molecule has 3 heteroatoms. The highest BCUT2D eigenvalue weighted by molar-refractivity contribution is 4.83. The number of rotatable bonds is 4. The van der Waals surface area contributed by atoms with Gasteiger partial charge in [0.05, 0.1) is 6.10 Å². The van der Waals surface area contributed by atoms with Crippen LogP contribution in [0.2, 0.25) is 0 Å². The van der Waals surface area contributed by atoms with Crippen molar-refractivity contribution in [2.75, 3.05) is 19.6 Å². The Labute approximate surface area is 112 Å². The van der Waals surface area contributed by atoms with Gasteiger partial charge in [0.15, 0.2) is 0 Å². The molecule has 0 aromatic heterocycles. The van der Waals surface area contributed by atoms with E-state index >= 15 is 0 Å². The molecular weight excluding hydrogens is 224 g/mol. The molecule has 2 N–H and O–H groups in total. The second kappa shape index (κ2) is 6.88. The first kappa shape index (κ1) is 14.3. The summed E-state index contributed by atoms with van der Waals surface area (Å²) in [6.07, 6.45) is 7.00. The Morgan fingerprint density at radius 1 is 1.06 bits per heavy atom. The molecule has 1 aliphatic heterocycles. The Balaban J connectivity index is 1.86. The molecule has 2 fully saturated rings. The van der Waals surface area contributed by atoms with E-state index in [0.717, 1.165) is 18.8 Å². The molecule has 0 atom stereocenters. The van der Waals surface area contributed by atoms with E-state index in [2.05, 4.69) is 24.1 Å². The molecule has 3 nitrogen and oxygen atoms in total. The SMILES string of the molecule is CC(C)N(CC1CCNCC1)C1CCC(O)CC1. The van der Waals surface area contributed by atoms with Gasteiger partial charge in [0, 0.05) is 18.6 Å². The lowest BCUT2D eigenvalue weighted by atomic mass is 9.89. The van der Waals surface area contributed by atoms with E-state index in [0.29, 0.717) is 12.1 Å². The first-order chi connectivity index (χ1) is 8.66. The van der Waals surface area contributed by atoms with Crippen molar-refractivity contribution >= 4 is 0 Å². The molecule has 0 unspecified atom stereocenters. The highest BCUT2D eigenvalue weighted by atomic mass is 16.3. The number of hydrogen-bond donors (Lipinski definition) is 2. The molecule has 1 saturated heterocycles. The first-order valence-electron chi connectivity index (χ1n) is 7.81. The molecule has 0 spiro atoms. The van der Waals surface area contributed by atoms with E-state index in [4.69, 9.17) is 0 Å². The molecule has 0 amide bonds. The second-order valence-corrected chi connectivity index (χ2v) is 6.45. The van der Waals surface area contributed by atoms with Crippen molar-refractivity contribution in [1.29, 1.82) is 0 Å². The minimum absolute atomic E-state index is 0.0332. The number of nitrogens with one attached hydrogen (secondary N) is 1. The molecule has 1 saturated carbocycles. The number of nitrogens with zero attached hydrogens (tertiary/aromatic N) is 1. The van der Waals surface area contributed by atoms with Gasteiger partial charge in [-0.3, -0.25) is 4.90 Å². The molecule has 0 bridgehead atoms. The van der Waals surface area contributed by atoms with Crippen molar-refractivity contribution in [2.45, 2.75) is 70.6 Å². The van der Waals surface area contributed by atoms with Crippen LogP contribution < -0.4 is 5.32 Å². The third kappa shape index (κ3) is 3.94. The van der Waals surface area contributed by atoms with Crippen LogP contribution >= 0.6 is 0 Å². The summed E-state index contributed by atoms with van der Waals surface area (Å²) < 4.78 is 0. The lowest BCUT2D eigenvalue weighted by molar-refractivity contribution is 0.0470. The topological polar surface area (TPSA) is 35.5 Å². The fourth-order valence-electron chi connectivity index (χ4n) is 3.53. The summed E-state index contributed by atoms with van der Waals surface area (Å²) in [5, 5.41) is 13.1. The summed E-state index contributed by atoms with van der Waals surface area (Å²) in [6, 6.07) is 1.35. The number of aliphatic hydroxyl groups excluding tert-OH is 1. The summed E-state index contributed by atoms with van der Waals surface area (Å²) >= 11 is 0. The highest BCUT2D eigenvalue weighted by Gasteiger charge is 2.28.